The van der Waals surface area contributed by atoms with Crippen LogP contribution >= 0.6 is 0 Å². The predicted octanol–water partition coefficient (Wildman–Crippen LogP) is 4.32. The highest BCUT2D eigenvalue weighted by molar-refractivity contribution is 5.84. The number of hydrogen-bond donors (Lipinski definition) is 2. The van der Waals surface area contributed by atoms with Crippen molar-refractivity contribution < 1.29 is 23.8 Å². The van der Waals surface area contributed by atoms with Gasteiger partial charge in [0.2, 0.25) is 5.76 Å². The maximum Gasteiger partial charge on any atom is 0.407 e. The molecular formula is C22H19NO5. The molecule has 28 heavy (non-hydrogen) atoms. The molecule has 3 aromatic rings. The normalized spacial score (nSPS) is 12.3. The number of benzene rings is 2. The highest BCUT2D eigenvalue weighted by atomic mass is 16.5. The SMILES string of the molecule is Cc1oc(C(=O)O)cc1CNC(=O)OCC1c2ccccc2-c2ccccc21. The van der Waals surface area contributed by atoms with Crippen LogP contribution in [0.25, 0.3) is 11.1 Å². The Bertz CT molecular complexity index is 1010. The number of fused-ring (bicyclic) bond motifs is 3. The van der Waals surface area contributed by atoms with E-state index in [1.54, 1.807) is 6.92 Å². The Labute approximate surface area is 161 Å². The minimum absolute atomic E-state index is 0.00701. The molecule has 0 atom stereocenters. The van der Waals surface area contributed by atoms with E-state index in [0.717, 1.165) is 11.1 Å². The summed E-state index contributed by atoms with van der Waals surface area (Å²) in [5.74, 6) is -0.846. The first-order valence-electron chi connectivity index (χ1n) is 8.96. The quantitative estimate of drug-likeness (QED) is 0.691. The predicted molar refractivity (Wildman–Crippen MR) is 102 cm³/mol. The van der Waals surface area contributed by atoms with E-state index in [9.17, 15) is 9.59 Å². The summed E-state index contributed by atoms with van der Waals surface area (Å²) in [6.07, 6.45) is -0.556. The van der Waals surface area contributed by atoms with Gasteiger partial charge in [-0.2, -0.15) is 0 Å². The van der Waals surface area contributed by atoms with Crippen LogP contribution in [0.5, 0.6) is 0 Å². The number of hydrogen-bond acceptors (Lipinski definition) is 4. The monoisotopic (exact) mass is 377 g/mol. The van der Waals surface area contributed by atoms with Gasteiger partial charge in [-0.05, 0) is 35.2 Å². The highest BCUT2D eigenvalue weighted by Crippen LogP contribution is 2.44. The van der Waals surface area contributed by atoms with Crippen molar-refractivity contribution in [1.82, 2.24) is 5.32 Å². The third-order valence-corrected chi connectivity index (χ3v) is 5.00. The van der Waals surface area contributed by atoms with Crippen LogP contribution < -0.4 is 5.32 Å². The average molecular weight is 377 g/mol. The minimum atomic E-state index is -1.14. The first-order valence-corrected chi connectivity index (χ1v) is 8.96. The Kier molecular flexibility index (Phi) is 4.61. The van der Waals surface area contributed by atoms with E-state index in [0.29, 0.717) is 11.3 Å². The Morgan fingerprint density at radius 3 is 2.25 bits per heavy atom. The molecule has 1 aromatic heterocycles. The van der Waals surface area contributed by atoms with E-state index >= 15 is 0 Å². The number of carboxylic acids is 1. The van der Waals surface area contributed by atoms with Crippen LogP contribution in [0, 0.1) is 6.92 Å². The summed E-state index contributed by atoms with van der Waals surface area (Å²) in [5, 5.41) is 11.6. The number of rotatable bonds is 5. The van der Waals surface area contributed by atoms with E-state index in [1.807, 2.05) is 24.3 Å². The third-order valence-electron chi connectivity index (χ3n) is 5.00. The van der Waals surface area contributed by atoms with Crippen molar-refractivity contribution in [2.45, 2.75) is 19.4 Å². The Morgan fingerprint density at radius 1 is 1.07 bits per heavy atom. The summed E-state index contributed by atoms with van der Waals surface area (Å²) in [7, 11) is 0. The van der Waals surface area contributed by atoms with Crippen LogP contribution in [-0.4, -0.2) is 23.8 Å². The molecule has 0 unspecified atom stereocenters. The smallest absolute Gasteiger partial charge is 0.407 e. The summed E-state index contributed by atoms with van der Waals surface area (Å²) in [6.45, 7) is 2.02. The van der Waals surface area contributed by atoms with Crippen LogP contribution in [0.15, 0.2) is 59.0 Å². The molecule has 6 nitrogen and oxygen atoms in total. The Hall–Kier alpha value is -3.54. The van der Waals surface area contributed by atoms with Crippen molar-refractivity contribution in [3.8, 4) is 11.1 Å². The van der Waals surface area contributed by atoms with Gasteiger partial charge in [-0.15, -0.1) is 0 Å². The minimum Gasteiger partial charge on any atom is -0.475 e. The second kappa shape index (κ2) is 7.23. The van der Waals surface area contributed by atoms with Gasteiger partial charge in [0.15, 0.2) is 0 Å². The number of carbonyl (C=O) groups is 2. The highest BCUT2D eigenvalue weighted by Gasteiger charge is 2.29. The topological polar surface area (TPSA) is 88.8 Å². The van der Waals surface area contributed by atoms with Gasteiger partial charge < -0.3 is 19.6 Å². The number of carboxylic acid groups (broad SMARTS) is 1. The lowest BCUT2D eigenvalue weighted by molar-refractivity contribution is 0.0661. The fourth-order valence-corrected chi connectivity index (χ4v) is 3.62. The maximum absolute atomic E-state index is 12.2. The van der Waals surface area contributed by atoms with Crippen molar-refractivity contribution in [3.63, 3.8) is 0 Å². The first kappa shape index (κ1) is 17.9. The molecule has 1 aliphatic carbocycles. The molecule has 0 saturated carbocycles. The second-order valence-electron chi connectivity index (χ2n) is 6.68. The molecule has 0 radical (unpaired) electrons. The summed E-state index contributed by atoms with van der Waals surface area (Å²) >= 11 is 0. The standard InChI is InChI=1S/C22H19NO5/c1-13-14(10-20(28-13)21(24)25)11-23-22(26)27-12-19-17-8-4-2-6-15(17)16-7-3-5-9-18(16)19/h2-10,19H,11-12H2,1H3,(H,23,26)(H,24,25). The summed E-state index contributed by atoms with van der Waals surface area (Å²) in [5.41, 5.74) is 5.23. The molecule has 0 aliphatic heterocycles. The van der Waals surface area contributed by atoms with E-state index < -0.39 is 12.1 Å². The number of ether oxygens (including phenoxy) is 1. The number of furan rings is 1. The van der Waals surface area contributed by atoms with Gasteiger partial charge in [-0.1, -0.05) is 48.5 Å². The Morgan fingerprint density at radius 2 is 1.68 bits per heavy atom. The van der Waals surface area contributed by atoms with Gasteiger partial charge in [-0.3, -0.25) is 0 Å². The molecule has 2 aromatic carbocycles. The van der Waals surface area contributed by atoms with Gasteiger partial charge in [0.05, 0.1) is 0 Å². The molecule has 0 bridgehead atoms. The van der Waals surface area contributed by atoms with Gasteiger partial charge >= 0.3 is 12.1 Å². The largest absolute Gasteiger partial charge is 0.475 e. The fourth-order valence-electron chi connectivity index (χ4n) is 3.62. The van der Waals surface area contributed by atoms with Gasteiger partial charge in [-0.25, -0.2) is 9.59 Å². The van der Waals surface area contributed by atoms with Crippen LogP contribution in [0.2, 0.25) is 0 Å². The number of aryl methyl sites for hydroxylation is 1. The zero-order valence-corrected chi connectivity index (χ0v) is 15.3. The summed E-state index contributed by atoms with van der Waals surface area (Å²) in [4.78, 5) is 23.1. The molecule has 0 spiro atoms. The molecule has 0 fully saturated rings. The maximum atomic E-state index is 12.2. The van der Waals surface area contributed by atoms with Crippen molar-refractivity contribution in [2.24, 2.45) is 0 Å². The third kappa shape index (κ3) is 3.24. The second-order valence-corrected chi connectivity index (χ2v) is 6.68. The fraction of sp³-hybridized carbons (Fsp3) is 0.182. The van der Waals surface area contributed by atoms with Crippen molar-refractivity contribution in [3.05, 3.63) is 82.8 Å². The zero-order chi connectivity index (χ0) is 19.7. The molecule has 4 rings (SSSR count). The zero-order valence-electron chi connectivity index (χ0n) is 15.3. The van der Waals surface area contributed by atoms with Crippen molar-refractivity contribution >= 4 is 12.1 Å². The molecule has 142 valence electrons. The number of nitrogens with one attached hydrogen (secondary N) is 1. The van der Waals surface area contributed by atoms with Crippen LogP contribution in [0.4, 0.5) is 4.79 Å². The van der Waals surface area contributed by atoms with Crippen molar-refractivity contribution in [2.75, 3.05) is 6.61 Å². The van der Waals surface area contributed by atoms with Gasteiger partial charge in [0, 0.05) is 18.0 Å². The molecule has 1 heterocycles. The number of carbonyl (C=O) groups excluding carboxylic acids is 1. The lowest BCUT2D eigenvalue weighted by Gasteiger charge is -2.14. The molecular weight excluding hydrogens is 358 g/mol. The molecule has 0 saturated heterocycles. The molecule has 1 aliphatic rings. The summed E-state index contributed by atoms with van der Waals surface area (Å²) in [6, 6.07) is 17.7. The van der Waals surface area contributed by atoms with Crippen molar-refractivity contribution in [1.29, 1.82) is 0 Å². The van der Waals surface area contributed by atoms with E-state index in [-0.39, 0.29) is 24.8 Å². The van der Waals surface area contributed by atoms with Crippen LogP contribution in [-0.2, 0) is 11.3 Å². The average Bonchev–Trinajstić information content (AvgIpc) is 3.23. The van der Waals surface area contributed by atoms with E-state index in [1.165, 1.54) is 17.2 Å². The van der Waals surface area contributed by atoms with E-state index in [4.69, 9.17) is 14.3 Å². The van der Waals surface area contributed by atoms with Gasteiger partial charge in [0.1, 0.15) is 12.4 Å². The number of alkyl carbamates (subject to hydrolysis) is 1. The molecule has 6 heteroatoms. The van der Waals surface area contributed by atoms with Crippen LogP contribution in [0.1, 0.15) is 38.9 Å². The van der Waals surface area contributed by atoms with E-state index in [2.05, 4.69) is 29.6 Å². The lowest BCUT2D eigenvalue weighted by atomic mass is 9.98. The number of amides is 1. The Balaban J connectivity index is 1.41. The lowest BCUT2D eigenvalue weighted by Crippen LogP contribution is -2.25. The first-order chi connectivity index (χ1) is 13.5. The molecule has 1 amide bonds. The summed E-state index contributed by atoms with van der Waals surface area (Å²) < 4.78 is 10.6. The number of aromatic carboxylic acids is 1. The van der Waals surface area contributed by atoms with Gasteiger partial charge in [0.25, 0.3) is 0 Å². The molecule has 2 N–H and O–H groups in total. The van der Waals surface area contributed by atoms with Crippen LogP contribution in [0.3, 0.4) is 0 Å².